The van der Waals surface area contributed by atoms with Crippen molar-refractivity contribution in [1.82, 2.24) is 14.8 Å². The highest BCUT2D eigenvalue weighted by atomic mass is 32.1. The van der Waals surface area contributed by atoms with E-state index in [4.69, 9.17) is 0 Å². The number of carbonyl (C=O) groups is 1. The normalized spacial score (nSPS) is 23.5. The molecule has 28 heavy (non-hydrogen) atoms. The summed E-state index contributed by atoms with van der Waals surface area (Å²) in [6.45, 7) is 4.69. The molecule has 1 amide bonds. The second kappa shape index (κ2) is 7.87. The molecule has 1 spiro atoms. The number of carbonyl (C=O) groups excluding carboxylic acids is 1. The molecule has 2 aromatic rings. The highest BCUT2D eigenvalue weighted by molar-refractivity contribution is 7.09. The molecular weight excluding hydrogens is 380 g/mol. The average Bonchev–Trinajstić information content (AvgIpc) is 3.12. The molecule has 0 saturated carbocycles. The van der Waals surface area contributed by atoms with Crippen LogP contribution in [0.2, 0.25) is 0 Å². The van der Waals surface area contributed by atoms with Gasteiger partial charge in [0.15, 0.2) is 0 Å². The van der Waals surface area contributed by atoms with Crippen LogP contribution in [-0.4, -0.2) is 39.3 Å². The Bertz CT molecular complexity index is 871. The van der Waals surface area contributed by atoms with Gasteiger partial charge in [-0.2, -0.15) is 0 Å². The Balaban J connectivity index is 1.46. The maximum absolute atomic E-state index is 14.0. The van der Waals surface area contributed by atoms with Crippen LogP contribution >= 0.6 is 11.3 Å². The Labute approximate surface area is 168 Å². The fraction of sp³-hybridized carbons (Fsp3) is 0.524. The number of thiazole rings is 1. The van der Waals surface area contributed by atoms with E-state index in [1.165, 1.54) is 12.1 Å². The molecular formula is C21H25F2N3OS. The fourth-order valence-corrected chi connectivity index (χ4v) is 5.18. The van der Waals surface area contributed by atoms with Crippen molar-refractivity contribution in [3.05, 3.63) is 51.5 Å². The van der Waals surface area contributed by atoms with Crippen molar-refractivity contribution >= 4 is 17.2 Å². The summed E-state index contributed by atoms with van der Waals surface area (Å²) < 4.78 is 27.2. The van der Waals surface area contributed by atoms with Gasteiger partial charge in [-0.05, 0) is 45.2 Å². The number of aromatic nitrogens is 1. The van der Waals surface area contributed by atoms with E-state index in [0.717, 1.165) is 55.5 Å². The third kappa shape index (κ3) is 3.96. The first-order valence-corrected chi connectivity index (χ1v) is 10.7. The number of benzene rings is 1. The fourth-order valence-electron chi connectivity index (χ4n) is 4.58. The van der Waals surface area contributed by atoms with Crippen LogP contribution in [0.3, 0.4) is 0 Å². The van der Waals surface area contributed by atoms with Crippen molar-refractivity contribution in [2.45, 2.75) is 57.7 Å². The number of hydrogen-bond acceptors (Lipinski definition) is 4. The number of aryl methyl sites for hydroxylation is 1. The minimum Gasteiger partial charge on any atom is -0.331 e. The number of likely N-dealkylation sites (tertiary alicyclic amines) is 2. The van der Waals surface area contributed by atoms with Gasteiger partial charge in [-0.15, -0.1) is 11.3 Å². The molecule has 4 nitrogen and oxygen atoms in total. The van der Waals surface area contributed by atoms with Crippen LogP contribution in [0.5, 0.6) is 0 Å². The van der Waals surface area contributed by atoms with Gasteiger partial charge in [0.05, 0.1) is 17.2 Å². The van der Waals surface area contributed by atoms with Crippen LogP contribution in [0.15, 0.2) is 23.6 Å². The second-order valence-electron chi connectivity index (χ2n) is 7.93. The topological polar surface area (TPSA) is 36.4 Å². The van der Waals surface area contributed by atoms with Gasteiger partial charge >= 0.3 is 0 Å². The number of amides is 1. The van der Waals surface area contributed by atoms with Gasteiger partial charge in [-0.25, -0.2) is 13.8 Å². The molecule has 7 heteroatoms. The first kappa shape index (κ1) is 19.5. The first-order valence-electron chi connectivity index (χ1n) is 9.83. The molecule has 0 aliphatic carbocycles. The highest BCUT2D eigenvalue weighted by Crippen LogP contribution is 2.40. The Morgan fingerprint density at radius 1 is 1.18 bits per heavy atom. The molecule has 4 rings (SSSR count). The van der Waals surface area contributed by atoms with E-state index in [-0.39, 0.29) is 11.4 Å². The maximum atomic E-state index is 14.0. The Kier molecular flexibility index (Phi) is 5.47. The lowest BCUT2D eigenvalue weighted by atomic mass is 9.87. The Hall–Kier alpha value is -1.86. The monoisotopic (exact) mass is 405 g/mol. The van der Waals surface area contributed by atoms with Crippen molar-refractivity contribution in [3.63, 3.8) is 0 Å². The lowest BCUT2D eigenvalue weighted by Gasteiger charge is -2.38. The summed E-state index contributed by atoms with van der Waals surface area (Å²) in [6, 6.07) is 3.79. The number of nitrogens with zero attached hydrogens (tertiary/aromatic N) is 3. The summed E-state index contributed by atoms with van der Waals surface area (Å²) in [5.74, 6) is -0.826. The molecule has 1 aromatic heterocycles. The van der Waals surface area contributed by atoms with E-state index in [0.29, 0.717) is 25.1 Å². The molecule has 1 atom stereocenters. The zero-order valence-electron chi connectivity index (χ0n) is 16.1. The van der Waals surface area contributed by atoms with Gasteiger partial charge in [0.1, 0.15) is 11.6 Å². The summed E-state index contributed by atoms with van der Waals surface area (Å²) in [4.78, 5) is 21.4. The van der Waals surface area contributed by atoms with Crippen molar-refractivity contribution in [3.8, 4) is 0 Å². The van der Waals surface area contributed by atoms with E-state index in [9.17, 15) is 13.6 Å². The van der Waals surface area contributed by atoms with Crippen LogP contribution < -0.4 is 0 Å². The summed E-state index contributed by atoms with van der Waals surface area (Å²) in [5.41, 5.74) is 1.37. The molecule has 3 heterocycles. The molecule has 0 unspecified atom stereocenters. The smallest absolute Gasteiger partial charge is 0.223 e. The minimum absolute atomic E-state index is 0.120. The SMILES string of the molecule is Cc1nc(CN2C(=O)CC[C@@]23CCCN(Cc2ccc(F)cc2F)CC3)cs1. The van der Waals surface area contributed by atoms with Gasteiger partial charge < -0.3 is 4.90 Å². The first-order chi connectivity index (χ1) is 13.4. The minimum atomic E-state index is -0.548. The molecule has 150 valence electrons. The zero-order chi connectivity index (χ0) is 19.7. The van der Waals surface area contributed by atoms with Crippen LogP contribution in [0.1, 0.15) is 48.4 Å². The van der Waals surface area contributed by atoms with Crippen LogP contribution in [0, 0.1) is 18.6 Å². The van der Waals surface area contributed by atoms with E-state index < -0.39 is 11.6 Å². The van der Waals surface area contributed by atoms with Gasteiger partial charge in [-0.3, -0.25) is 9.69 Å². The summed E-state index contributed by atoms with van der Waals surface area (Å²) in [7, 11) is 0. The van der Waals surface area contributed by atoms with Gasteiger partial charge in [0.2, 0.25) is 5.91 Å². The van der Waals surface area contributed by atoms with Gasteiger partial charge in [-0.1, -0.05) is 6.07 Å². The predicted molar refractivity (Wildman–Crippen MR) is 105 cm³/mol. The van der Waals surface area contributed by atoms with Crippen LogP contribution in [-0.2, 0) is 17.9 Å². The largest absolute Gasteiger partial charge is 0.331 e. The van der Waals surface area contributed by atoms with E-state index in [1.54, 1.807) is 11.3 Å². The third-order valence-electron chi connectivity index (χ3n) is 6.08. The van der Waals surface area contributed by atoms with Crippen LogP contribution in [0.25, 0.3) is 0 Å². The van der Waals surface area contributed by atoms with Crippen molar-refractivity contribution in [2.24, 2.45) is 0 Å². The van der Waals surface area contributed by atoms with Gasteiger partial charge in [0.25, 0.3) is 0 Å². The van der Waals surface area contributed by atoms with E-state index >= 15 is 0 Å². The molecule has 1 aromatic carbocycles. The lowest BCUT2D eigenvalue weighted by Crippen LogP contribution is -2.46. The molecule has 2 aliphatic heterocycles. The van der Waals surface area contributed by atoms with E-state index in [1.807, 2.05) is 17.2 Å². The van der Waals surface area contributed by atoms with E-state index in [2.05, 4.69) is 9.88 Å². The molecule has 0 bridgehead atoms. The standard InChI is InChI=1S/C21H25F2N3OS/c1-15-24-18(14-28-15)13-26-20(27)5-7-21(26)6-2-9-25(10-8-21)12-16-3-4-17(22)11-19(16)23/h3-4,11,14H,2,5-10,12-13H2,1H3/t21-/m1/s1. The highest BCUT2D eigenvalue weighted by Gasteiger charge is 2.45. The summed E-state index contributed by atoms with van der Waals surface area (Å²) >= 11 is 1.61. The predicted octanol–water partition coefficient (Wildman–Crippen LogP) is 4.28. The molecule has 0 radical (unpaired) electrons. The Morgan fingerprint density at radius 3 is 2.79 bits per heavy atom. The Morgan fingerprint density at radius 2 is 2.04 bits per heavy atom. The summed E-state index contributed by atoms with van der Waals surface area (Å²) in [6.07, 6.45) is 4.28. The maximum Gasteiger partial charge on any atom is 0.223 e. The quantitative estimate of drug-likeness (QED) is 0.762. The number of hydrogen-bond donors (Lipinski definition) is 0. The van der Waals surface area contributed by atoms with Crippen LogP contribution in [0.4, 0.5) is 8.78 Å². The van der Waals surface area contributed by atoms with Crippen molar-refractivity contribution < 1.29 is 13.6 Å². The molecule has 2 saturated heterocycles. The average molecular weight is 406 g/mol. The third-order valence-corrected chi connectivity index (χ3v) is 6.91. The number of rotatable bonds is 4. The summed E-state index contributed by atoms with van der Waals surface area (Å²) in [5, 5.41) is 3.05. The van der Waals surface area contributed by atoms with Crippen molar-refractivity contribution in [2.75, 3.05) is 13.1 Å². The van der Waals surface area contributed by atoms with Gasteiger partial charge in [0, 0.05) is 42.1 Å². The molecule has 0 N–H and O–H groups in total. The van der Waals surface area contributed by atoms with Crippen molar-refractivity contribution in [1.29, 1.82) is 0 Å². The zero-order valence-corrected chi connectivity index (χ0v) is 16.9. The molecule has 2 aliphatic rings. The number of halogens is 2. The lowest BCUT2D eigenvalue weighted by molar-refractivity contribution is -0.132. The molecule has 2 fully saturated rings. The second-order valence-corrected chi connectivity index (χ2v) is 8.99.